The van der Waals surface area contributed by atoms with Crippen LogP contribution in [0.1, 0.15) is 11.1 Å². The third-order valence-corrected chi connectivity index (χ3v) is 5.67. The summed E-state index contributed by atoms with van der Waals surface area (Å²) < 4.78 is 31.4. The average molecular weight is 362 g/mol. The fourth-order valence-electron chi connectivity index (χ4n) is 2.43. The van der Waals surface area contributed by atoms with Gasteiger partial charge in [0.25, 0.3) is 0 Å². The van der Waals surface area contributed by atoms with Crippen LogP contribution in [0, 0.1) is 6.92 Å². The Kier molecular flexibility index (Phi) is 6.58. The van der Waals surface area contributed by atoms with E-state index < -0.39 is 10.0 Å². The largest absolute Gasteiger partial charge is 0.492 e. The summed E-state index contributed by atoms with van der Waals surface area (Å²) >= 11 is 0. The minimum atomic E-state index is -3.40. The van der Waals surface area contributed by atoms with Crippen LogP contribution in [0.25, 0.3) is 0 Å². The van der Waals surface area contributed by atoms with Crippen molar-refractivity contribution in [2.75, 3.05) is 34.3 Å². The zero-order valence-corrected chi connectivity index (χ0v) is 16.1. The number of hydrogen-bond donors (Lipinski definition) is 0. The molecular weight excluding hydrogens is 336 g/mol. The Balaban J connectivity index is 1.91. The van der Waals surface area contributed by atoms with Crippen LogP contribution in [0.2, 0.25) is 0 Å². The third kappa shape index (κ3) is 5.56. The van der Waals surface area contributed by atoms with Gasteiger partial charge in [-0.05, 0) is 49.4 Å². The van der Waals surface area contributed by atoms with E-state index in [9.17, 15) is 8.42 Å². The molecule has 0 aliphatic rings. The van der Waals surface area contributed by atoms with Crippen molar-refractivity contribution in [3.8, 4) is 5.75 Å². The monoisotopic (exact) mass is 362 g/mol. The summed E-state index contributed by atoms with van der Waals surface area (Å²) in [5.41, 5.74) is 2.13. The zero-order valence-electron chi connectivity index (χ0n) is 15.3. The number of hydrogen-bond acceptors (Lipinski definition) is 4. The first-order valence-electron chi connectivity index (χ1n) is 8.18. The molecule has 0 saturated carbocycles. The molecule has 0 spiro atoms. The first-order chi connectivity index (χ1) is 11.8. The van der Waals surface area contributed by atoms with E-state index in [1.807, 2.05) is 44.3 Å². The van der Waals surface area contributed by atoms with E-state index in [1.165, 1.54) is 24.0 Å². The molecule has 0 aliphatic carbocycles. The molecule has 0 atom stereocenters. The molecule has 0 heterocycles. The molecule has 5 nitrogen and oxygen atoms in total. The molecule has 6 heteroatoms. The fraction of sp³-hybridized carbons (Fsp3) is 0.368. The Morgan fingerprint density at radius 1 is 1.00 bits per heavy atom. The summed E-state index contributed by atoms with van der Waals surface area (Å²) in [4.78, 5) is 2.43. The summed E-state index contributed by atoms with van der Waals surface area (Å²) in [6.07, 6.45) is 0. The normalized spacial score (nSPS) is 11.9. The van der Waals surface area contributed by atoms with Gasteiger partial charge in [0.2, 0.25) is 10.0 Å². The summed E-state index contributed by atoms with van der Waals surface area (Å²) in [5.74, 6) is 0.868. The highest BCUT2D eigenvalue weighted by Crippen LogP contribution is 2.16. The van der Waals surface area contributed by atoms with Gasteiger partial charge in [0.15, 0.2) is 0 Å². The molecule has 0 bridgehead atoms. The van der Waals surface area contributed by atoms with Gasteiger partial charge in [-0.15, -0.1) is 0 Å². The summed E-state index contributed by atoms with van der Waals surface area (Å²) in [6, 6.07) is 15.0. The van der Waals surface area contributed by atoms with Gasteiger partial charge in [0, 0.05) is 27.2 Å². The molecule has 0 fully saturated rings. The van der Waals surface area contributed by atoms with Gasteiger partial charge in [-0.25, -0.2) is 12.7 Å². The van der Waals surface area contributed by atoms with Crippen molar-refractivity contribution in [2.24, 2.45) is 0 Å². The molecule has 0 N–H and O–H groups in total. The number of nitrogens with zero attached hydrogens (tertiary/aromatic N) is 2. The fourth-order valence-corrected chi connectivity index (χ4v) is 3.40. The van der Waals surface area contributed by atoms with Crippen LogP contribution in [-0.4, -0.2) is 51.9 Å². The predicted octanol–water partition coefficient (Wildman–Crippen LogP) is 2.76. The second-order valence-corrected chi connectivity index (χ2v) is 8.49. The van der Waals surface area contributed by atoms with Crippen molar-refractivity contribution < 1.29 is 13.2 Å². The molecule has 0 saturated heterocycles. The van der Waals surface area contributed by atoms with Gasteiger partial charge >= 0.3 is 0 Å². The van der Waals surface area contributed by atoms with Crippen LogP contribution in [-0.2, 0) is 16.6 Å². The van der Waals surface area contributed by atoms with Gasteiger partial charge in [-0.1, -0.05) is 24.3 Å². The maximum atomic E-state index is 12.2. The van der Waals surface area contributed by atoms with Gasteiger partial charge < -0.3 is 4.74 Å². The van der Waals surface area contributed by atoms with Crippen molar-refractivity contribution in [1.82, 2.24) is 9.21 Å². The van der Waals surface area contributed by atoms with E-state index in [1.54, 1.807) is 18.2 Å². The van der Waals surface area contributed by atoms with Crippen LogP contribution in [0.15, 0.2) is 53.4 Å². The number of sulfonamides is 1. The Labute approximate surface area is 150 Å². The second kappa shape index (κ2) is 8.47. The summed E-state index contributed by atoms with van der Waals surface area (Å²) in [6.45, 7) is 4.02. The van der Waals surface area contributed by atoms with E-state index in [0.29, 0.717) is 18.0 Å². The molecule has 0 radical (unpaired) electrons. The number of rotatable bonds is 8. The average Bonchev–Trinajstić information content (AvgIpc) is 2.55. The van der Waals surface area contributed by atoms with Crippen LogP contribution >= 0.6 is 0 Å². The van der Waals surface area contributed by atoms with E-state index in [0.717, 1.165) is 17.9 Å². The topological polar surface area (TPSA) is 49.9 Å². The summed E-state index contributed by atoms with van der Waals surface area (Å²) in [5, 5.41) is 0. The van der Waals surface area contributed by atoms with Crippen LogP contribution in [0.4, 0.5) is 0 Å². The van der Waals surface area contributed by atoms with E-state index in [-0.39, 0.29) is 0 Å². The Bertz CT molecular complexity index is 804. The third-order valence-electron chi connectivity index (χ3n) is 3.86. The Hall–Kier alpha value is -1.89. The lowest BCUT2D eigenvalue weighted by Crippen LogP contribution is -2.25. The number of benzene rings is 2. The van der Waals surface area contributed by atoms with Crippen molar-refractivity contribution in [3.05, 3.63) is 59.7 Å². The summed E-state index contributed by atoms with van der Waals surface area (Å²) in [7, 11) is 1.67. The molecule has 0 aromatic heterocycles. The predicted molar refractivity (Wildman–Crippen MR) is 100 cm³/mol. The van der Waals surface area contributed by atoms with Crippen LogP contribution < -0.4 is 4.74 Å². The molecule has 0 unspecified atom stereocenters. The van der Waals surface area contributed by atoms with E-state index in [2.05, 4.69) is 4.90 Å². The minimum Gasteiger partial charge on any atom is -0.492 e. The SMILES string of the molecule is Cc1cccc(OCCN(C)Cc2cccc(S(=O)(=O)N(C)C)c2)c1. The quantitative estimate of drug-likeness (QED) is 0.725. The maximum Gasteiger partial charge on any atom is 0.242 e. The van der Waals surface area contributed by atoms with E-state index in [4.69, 9.17) is 4.74 Å². The smallest absolute Gasteiger partial charge is 0.242 e. The van der Waals surface area contributed by atoms with Gasteiger partial charge in [-0.2, -0.15) is 0 Å². The minimum absolute atomic E-state index is 0.319. The Morgan fingerprint density at radius 2 is 1.72 bits per heavy atom. The van der Waals surface area contributed by atoms with Crippen molar-refractivity contribution >= 4 is 10.0 Å². The van der Waals surface area contributed by atoms with Gasteiger partial charge in [-0.3, -0.25) is 4.90 Å². The van der Waals surface area contributed by atoms with E-state index >= 15 is 0 Å². The molecule has 136 valence electrons. The number of ether oxygens (including phenoxy) is 1. The lowest BCUT2D eigenvalue weighted by molar-refractivity contribution is 0.232. The van der Waals surface area contributed by atoms with Crippen molar-refractivity contribution in [2.45, 2.75) is 18.4 Å². The second-order valence-electron chi connectivity index (χ2n) is 6.34. The van der Waals surface area contributed by atoms with Gasteiger partial charge in [0.05, 0.1) is 4.90 Å². The van der Waals surface area contributed by atoms with Crippen molar-refractivity contribution in [3.63, 3.8) is 0 Å². The van der Waals surface area contributed by atoms with Crippen molar-refractivity contribution in [1.29, 1.82) is 0 Å². The first-order valence-corrected chi connectivity index (χ1v) is 9.62. The number of aryl methyl sites for hydroxylation is 1. The molecular formula is C19H26N2O3S. The molecule has 0 amide bonds. The van der Waals surface area contributed by atoms with Crippen LogP contribution in [0.3, 0.4) is 0 Å². The molecule has 25 heavy (non-hydrogen) atoms. The first kappa shape index (κ1) is 19.4. The Morgan fingerprint density at radius 3 is 2.40 bits per heavy atom. The lowest BCUT2D eigenvalue weighted by Gasteiger charge is -2.18. The molecule has 0 aliphatic heterocycles. The maximum absolute atomic E-state index is 12.2. The van der Waals surface area contributed by atoms with Gasteiger partial charge in [0.1, 0.15) is 12.4 Å². The molecule has 2 aromatic rings. The highest BCUT2D eigenvalue weighted by molar-refractivity contribution is 7.89. The zero-order chi connectivity index (χ0) is 18.4. The highest BCUT2D eigenvalue weighted by Gasteiger charge is 2.17. The van der Waals surface area contributed by atoms with Crippen LogP contribution in [0.5, 0.6) is 5.75 Å². The lowest BCUT2D eigenvalue weighted by atomic mass is 10.2. The molecule has 2 rings (SSSR count). The highest BCUT2D eigenvalue weighted by atomic mass is 32.2. The molecule has 2 aromatic carbocycles. The number of likely N-dealkylation sites (N-methyl/N-ethyl adjacent to an activating group) is 1. The standard InChI is InChI=1S/C19H26N2O3S/c1-16-7-5-9-18(13-16)24-12-11-21(4)15-17-8-6-10-19(14-17)25(22,23)20(2)3/h5-10,13-14H,11-12,15H2,1-4H3.